The van der Waals surface area contributed by atoms with Crippen LogP contribution in [0.3, 0.4) is 0 Å². The zero-order valence-electron chi connectivity index (χ0n) is 14.2. The van der Waals surface area contributed by atoms with Crippen LogP contribution in [0.5, 0.6) is 0 Å². The van der Waals surface area contributed by atoms with Crippen LogP contribution in [0.4, 0.5) is 0 Å². The van der Waals surface area contributed by atoms with Gasteiger partial charge in [0, 0.05) is 45.0 Å². The fourth-order valence-electron chi connectivity index (χ4n) is 4.23. The Hall–Kier alpha value is -1.46. The molecule has 0 aromatic carbocycles. The van der Waals surface area contributed by atoms with Gasteiger partial charge in [-0.05, 0) is 48.1 Å². The topological polar surface area (TPSA) is 54.5 Å². The molecule has 5 heteroatoms. The SMILES string of the molecule is O=C(C[C@@H]1COC[C@H]2CN(CC3CC3)C[C@@H]12)NCc1cccnc1. The van der Waals surface area contributed by atoms with E-state index in [9.17, 15) is 4.79 Å². The van der Waals surface area contributed by atoms with Crippen molar-refractivity contribution in [3.63, 3.8) is 0 Å². The molecule has 1 N–H and O–H groups in total. The molecule has 1 aliphatic carbocycles. The lowest BCUT2D eigenvalue weighted by Crippen LogP contribution is -2.38. The van der Waals surface area contributed by atoms with E-state index in [1.807, 2.05) is 12.1 Å². The Morgan fingerprint density at radius 2 is 2.25 bits per heavy atom. The van der Waals surface area contributed by atoms with Gasteiger partial charge in [-0.15, -0.1) is 0 Å². The fraction of sp³-hybridized carbons (Fsp3) is 0.684. The van der Waals surface area contributed by atoms with Crippen LogP contribution < -0.4 is 5.32 Å². The molecule has 3 aliphatic rings. The van der Waals surface area contributed by atoms with Crippen LogP contribution in [0.25, 0.3) is 0 Å². The number of fused-ring (bicyclic) bond motifs is 1. The minimum Gasteiger partial charge on any atom is -0.381 e. The number of rotatable bonds is 6. The van der Waals surface area contributed by atoms with Crippen molar-refractivity contribution in [2.45, 2.75) is 25.8 Å². The van der Waals surface area contributed by atoms with Crippen molar-refractivity contribution < 1.29 is 9.53 Å². The van der Waals surface area contributed by atoms with Gasteiger partial charge in [0.1, 0.15) is 0 Å². The summed E-state index contributed by atoms with van der Waals surface area (Å²) < 4.78 is 5.81. The van der Waals surface area contributed by atoms with Crippen molar-refractivity contribution in [1.82, 2.24) is 15.2 Å². The molecule has 2 saturated heterocycles. The lowest BCUT2D eigenvalue weighted by Gasteiger charge is -2.32. The molecule has 0 spiro atoms. The van der Waals surface area contributed by atoms with Crippen molar-refractivity contribution in [3.8, 4) is 0 Å². The summed E-state index contributed by atoms with van der Waals surface area (Å²) >= 11 is 0. The smallest absolute Gasteiger partial charge is 0.220 e. The van der Waals surface area contributed by atoms with Crippen LogP contribution in [0.15, 0.2) is 24.5 Å². The number of likely N-dealkylation sites (tertiary alicyclic amines) is 1. The molecule has 24 heavy (non-hydrogen) atoms. The molecular formula is C19H27N3O2. The standard InChI is InChI=1S/C19H27N3O2/c23-19(21-8-15-2-1-5-20-7-15)6-16-12-24-13-17-10-22(11-18(16)17)9-14-3-4-14/h1-2,5,7,14,16-18H,3-4,6,8-13H2,(H,21,23)/t16-,17-,18+/m1/s1. The summed E-state index contributed by atoms with van der Waals surface area (Å²) in [5.74, 6) is 2.68. The van der Waals surface area contributed by atoms with Crippen molar-refractivity contribution in [1.29, 1.82) is 0 Å². The highest BCUT2D eigenvalue weighted by molar-refractivity contribution is 5.76. The van der Waals surface area contributed by atoms with E-state index in [0.29, 0.717) is 30.7 Å². The van der Waals surface area contributed by atoms with Gasteiger partial charge in [0.25, 0.3) is 0 Å². The van der Waals surface area contributed by atoms with E-state index in [0.717, 1.165) is 37.8 Å². The average molecular weight is 329 g/mol. The first-order valence-electron chi connectivity index (χ1n) is 9.23. The second kappa shape index (κ2) is 7.19. The van der Waals surface area contributed by atoms with Gasteiger partial charge in [0.15, 0.2) is 0 Å². The molecular weight excluding hydrogens is 302 g/mol. The van der Waals surface area contributed by atoms with Gasteiger partial charge in [-0.2, -0.15) is 0 Å². The van der Waals surface area contributed by atoms with Gasteiger partial charge in [-0.1, -0.05) is 6.07 Å². The van der Waals surface area contributed by atoms with Crippen LogP contribution in [0.2, 0.25) is 0 Å². The first-order valence-corrected chi connectivity index (χ1v) is 9.23. The minimum absolute atomic E-state index is 0.133. The molecule has 1 amide bonds. The molecule has 1 aromatic rings. The van der Waals surface area contributed by atoms with E-state index < -0.39 is 0 Å². The predicted octanol–water partition coefficient (Wildman–Crippen LogP) is 1.69. The first kappa shape index (κ1) is 16.0. The summed E-state index contributed by atoms with van der Waals surface area (Å²) in [5, 5.41) is 3.03. The third-order valence-electron chi connectivity index (χ3n) is 5.71. The molecule has 130 valence electrons. The van der Waals surface area contributed by atoms with Gasteiger partial charge in [0.2, 0.25) is 5.91 Å². The maximum Gasteiger partial charge on any atom is 0.220 e. The Morgan fingerprint density at radius 1 is 1.33 bits per heavy atom. The van der Waals surface area contributed by atoms with Gasteiger partial charge in [-0.3, -0.25) is 9.78 Å². The molecule has 5 nitrogen and oxygen atoms in total. The van der Waals surface area contributed by atoms with E-state index in [-0.39, 0.29) is 5.91 Å². The molecule has 4 rings (SSSR count). The average Bonchev–Trinajstić information content (AvgIpc) is 3.30. The number of carbonyl (C=O) groups excluding carboxylic acids is 1. The lowest BCUT2D eigenvalue weighted by atomic mass is 9.81. The van der Waals surface area contributed by atoms with Crippen LogP contribution >= 0.6 is 0 Å². The van der Waals surface area contributed by atoms with Crippen LogP contribution in [0.1, 0.15) is 24.8 Å². The number of nitrogens with zero attached hydrogens (tertiary/aromatic N) is 2. The van der Waals surface area contributed by atoms with Crippen molar-refractivity contribution in [2.75, 3.05) is 32.8 Å². The van der Waals surface area contributed by atoms with Crippen molar-refractivity contribution in [3.05, 3.63) is 30.1 Å². The lowest BCUT2D eigenvalue weighted by molar-refractivity contribution is -0.124. The van der Waals surface area contributed by atoms with Gasteiger partial charge in [-0.25, -0.2) is 0 Å². The summed E-state index contributed by atoms with van der Waals surface area (Å²) in [6.45, 7) is 5.74. The summed E-state index contributed by atoms with van der Waals surface area (Å²) in [7, 11) is 0. The van der Waals surface area contributed by atoms with Crippen molar-refractivity contribution >= 4 is 5.91 Å². The number of hydrogen-bond donors (Lipinski definition) is 1. The molecule has 3 fully saturated rings. The molecule has 3 atom stereocenters. The number of ether oxygens (including phenoxy) is 1. The normalized spacial score (nSPS) is 30.1. The molecule has 1 aromatic heterocycles. The van der Waals surface area contributed by atoms with E-state index in [1.165, 1.54) is 19.4 Å². The molecule has 0 unspecified atom stereocenters. The summed E-state index contributed by atoms with van der Waals surface area (Å²) in [5.41, 5.74) is 1.04. The number of nitrogens with one attached hydrogen (secondary N) is 1. The Labute approximate surface area is 143 Å². The van der Waals surface area contributed by atoms with Gasteiger partial charge < -0.3 is 15.0 Å². The highest BCUT2D eigenvalue weighted by Crippen LogP contribution is 2.38. The van der Waals surface area contributed by atoms with E-state index in [2.05, 4.69) is 15.2 Å². The van der Waals surface area contributed by atoms with Gasteiger partial charge in [0.05, 0.1) is 13.2 Å². The van der Waals surface area contributed by atoms with Crippen LogP contribution in [0, 0.1) is 23.7 Å². The molecule has 2 aliphatic heterocycles. The predicted molar refractivity (Wildman–Crippen MR) is 91.2 cm³/mol. The number of pyridine rings is 1. The van der Waals surface area contributed by atoms with Crippen LogP contribution in [-0.4, -0.2) is 48.6 Å². The zero-order chi connectivity index (χ0) is 16.4. The van der Waals surface area contributed by atoms with E-state index in [4.69, 9.17) is 4.74 Å². The van der Waals surface area contributed by atoms with Crippen molar-refractivity contribution in [2.24, 2.45) is 23.7 Å². The Morgan fingerprint density at radius 3 is 3.04 bits per heavy atom. The minimum atomic E-state index is 0.133. The zero-order valence-corrected chi connectivity index (χ0v) is 14.2. The van der Waals surface area contributed by atoms with Gasteiger partial charge >= 0.3 is 0 Å². The molecule has 1 saturated carbocycles. The Balaban J connectivity index is 1.27. The van der Waals surface area contributed by atoms with E-state index >= 15 is 0 Å². The molecule has 0 bridgehead atoms. The summed E-state index contributed by atoms with van der Waals surface area (Å²) in [4.78, 5) is 19.0. The second-order valence-electron chi connectivity index (χ2n) is 7.73. The maximum absolute atomic E-state index is 12.3. The third kappa shape index (κ3) is 3.95. The molecule has 0 radical (unpaired) electrons. The monoisotopic (exact) mass is 329 g/mol. The summed E-state index contributed by atoms with van der Waals surface area (Å²) in [6, 6.07) is 3.88. The summed E-state index contributed by atoms with van der Waals surface area (Å²) in [6.07, 6.45) is 6.94. The fourth-order valence-corrected chi connectivity index (χ4v) is 4.23. The molecule has 3 heterocycles. The number of carbonyl (C=O) groups is 1. The number of aromatic nitrogens is 1. The largest absolute Gasteiger partial charge is 0.381 e. The third-order valence-corrected chi connectivity index (χ3v) is 5.71. The quantitative estimate of drug-likeness (QED) is 0.863. The van der Waals surface area contributed by atoms with E-state index in [1.54, 1.807) is 12.4 Å². The maximum atomic E-state index is 12.3. The first-order chi connectivity index (χ1) is 11.8. The second-order valence-corrected chi connectivity index (χ2v) is 7.73. The number of hydrogen-bond acceptors (Lipinski definition) is 4. The highest BCUT2D eigenvalue weighted by atomic mass is 16.5. The number of amides is 1. The highest BCUT2D eigenvalue weighted by Gasteiger charge is 2.42. The van der Waals surface area contributed by atoms with Crippen LogP contribution in [-0.2, 0) is 16.1 Å². The Bertz CT molecular complexity index is 561. The Kier molecular flexibility index (Phi) is 4.81.